The third-order valence-electron chi connectivity index (χ3n) is 5.37. The number of hydrogen-bond acceptors (Lipinski definition) is 4. The Bertz CT molecular complexity index is 1140. The van der Waals surface area contributed by atoms with Crippen LogP contribution in [-0.4, -0.2) is 28.7 Å². The molecule has 3 heterocycles. The number of benzene rings is 2. The molecule has 0 aliphatic carbocycles. The van der Waals surface area contributed by atoms with E-state index in [1.165, 1.54) is 11.3 Å². The predicted molar refractivity (Wildman–Crippen MR) is 114 cm³/mol. The van der Waals surface area contributed by atoms with Crippen LogP contribution in [0.1, 0.15) is 37.2 Å². The number of rotatable bonds is 3. The summed E-state index contributed by atoms with van der Waals surface area (Å²) < 4.78 is 0.928. The number of fused-ring (bicyclic) bond motifs is 1. The summed E-state index contributed by atoms with van der Waals surface area (Å²) in [6.07, 6.45) is 0. The lowest BCUT2D eigenvalue weighted by molar-refractivity contribution is -0.130. The minimum atomic E-state index is -0.853. The summed E-state index contributed by atoms with van der Waals surface area (Å²) in [5.41, 5.74) is 2.55. The van der Waals surface area contributed by atoms with E-state index in [9.17, 15) is 14.4 Å². The van der Waals surface area contributed by atoms with Crippen LogP contribution in [0.15, 0.2) is 64.5 Å². The van der Waals surface area contributed by atoms with Gasteiger partial charge in [0.05, 0.1) is 14.9 Å². The number of thiophene rings is 1. The summed E-state index contributed by atoms with van der Waals surface area (Å²) >= 11 is 4.97. The molecule has 29 heavy (non-hydrogen) atoms. The molecule has 3 aromatic rings. The molecule has 7 heteroatoms. The zero-order valence-electron chi connectivity index (χ0n) is 15.3. The quantitative estimate of drug-likeness (QED) is 0.419. The van der Waals surface area contributed by atoms with E-state index in [0.29, 0.717) is 11.1 Å². The van der Waals surface area contributed by atoms with E-state index in [1.54, 1.807) is 29.2 Å². The number of carbonyl (C=O) groups is 3. The first-order valence-electron chi connectivity index (χ1n) is 9.09. The van der Waals surface area contributed by atoms with Crippen LogP contribution in [0, 0.1) is 6.92 Å². The van der Waals surface area contributed by atoms with Crippen molar-refractivity contribution in [3.63, 3.8) is 0 Å². The molecular formula is C22H15BrN2O3S. The number of amides is 3. The largest absolute Gasteiger partial charge is 0.300 e. The Morgan fingerprint density at radius 3 is 1.97 bits per heavy atom. The number of nitrogens with zero attached hydrogens (tertiary/aromatic N) is 2. The maximum atomic E-state index is 13.2. The van der Waals surface area contributed by atoms with Gasteiger partial charge in [0.25, 0.3) is 17.7 Å². The van der Waals surface area contributed by atoms with E-state index in [2.05, 4.69) is 15.9 Å². The highest BCUT2D eigenvalue weighted by Crippen LogP contribution is 2.46. The van der Waals surface area contributed by atoms with E-state index in [0.717, 1.165) is 24.8 Å². The molecule has 0 saturated carbocycles. The van der Waals surface area contributed by atoms with Gasteiger partial charge in [0.2, 0.25) is 0 Å². The SMILES string of the molecule is Cc1ccc(N2C(=O)[C@H](N3C(=O)c4ccccc4C3=O)[C@@H]2c2ccc(Br)s2)cc1. The minimum absolute atomic E-state index is 0.252. The van der Waals surface area contributed by atoms with Crippen LogP contribution < -0.4 is 4.90 Å². The topological polar surface area (TPSA) is 57.7 Å². The van der Waals surface area contributed by atoms with Crippen molar-refractivity contribution in [2.24, 2.45) is 0 Å². The maximum absolute atomic E-state index is 13.2. The Kier molecular flexibility index (Phi) is 4.18. The molecule has 2 atom stereocenters. The first kappa shape index (κ1) is 18.3. The molecule has 1 saturated heterocycles. The predicted octanol–water partition coefficient (Wildman–Crippen LogP) is 4.57. The first-order valence-corrected chi connectivity index (χ1v) is 10.7. The summed E-state index contributed by atoms with van der Waals surface area (Å²) in [4.78, 5) is 42.9. The number of β-lactam (4-membered cyclic amide) rings is 1. The first-order chi connectivity index (χ1) is 14.0. The minimum Gasteiger partial charge on any atom is -0.300 e. The molecule has 2 aromatic carbocycles. The third kappa shape index (κ3) is 2.68. The lowest BCUT2D eigenvalue weighted by Gasteiger charge is -2.49. The van der Waals surface area contributed by atoms with Gasteiger partial charge in [-0.25, -0.2) is 0 Å². The van der Waals surface area contributed by atoms with E-state index >= 15 is 0 Å². The Balaban J connectivity index is 1.58. The molecule has 0 radical (unpaired) electrons. The summed E-state index contributed by atoms with van der Waals surface area (Å²) in [6.45, 7) is 1.98. The fraction of sp³-hybridized carbons (Fsp3) is 0.136. The van der Waals surface area contributed by atoms with Gasteiger partial charge in [-0.2, -0.15) is 0 Å². The molecule has 2 aliphatic rings. The molecule has 0 bridgehead atoms. The van der Waals surface area contributed by atoms with Crippen LogP contribution in [0.25, 0.3) is 0 Å². The van der Waals surface area contributed by atoms with E-state index in [-0.39, 0.29) is 5.91 Å². The highest BCUT2D eigenvalue weighted by molar-refractivity contribution is 9.11. The van der Waals surface area contributed by atoms with Crippen molar-refractivity contribution in [1.82, 2.24) is 4.90 Å². The monoisotopic (exact) mass is 466 g/mol. The Morgan fingerprint density at radius 2 is 1.41 bits per heavy atom. The lowest BCUT2D eigenvalue weighted by Crippen LogP contribution is -2.67. The zero-order valence-corrected chi connectivity index (χ0v) is 17.7. The average Bonchev–Trinajstić information content (AvgIpc) is 3.24. The van der Waals surface area contributed by atoms with Crippen LogP contribution >= 0.6 is 27.3 Å². The van der Waals surface area contributed by atoms with Gasteiger partial charge >= 0.3 is 0 Å². The van der Waals surface area contributed by atoms with Crippen LogP contribution in [-0.2, 0) is 4.79 Å². The van der Waals surface area contributed by atoms with Gasteiger partial charge in [0.1, 0.15) is 12.1 Å². The zero-order chi connectivity index (χ0) is 20.3. The van der Waals surface area contributed by atoms with Gasteiger partial charge in [0, 0.05) is 10.6 Å². The molecule has 0 unspecified atom stereocenters. The number of carbonyl (C=O) groups excluding carboxylic acids is 3. The highest BCUT2D eigenvalue weighted by Gasteiger charge is 2.57. The van der Waals surface area contributed by atoms with Crippen molar-refractivity contribution in [3.8, 4) is 0 Å². The van der Waals surface area contributed by atoms with E-state index < -0.39 is 23.9 Å². The highest BCUT2D eigenvalue weighted by atomic mass is 79.9. The van der Waals surface area contributed by atoms with Crippen LogP contribution in [0.5, 0.6) is 0 Å². The molecular weight excluding hydrogens is 452 g/mol. The van der Waals surface area contributed by atoms with Crippen molar-refractivity contribution in [1.29, 1.82) is 0 Å². The van der Waals surface area contributed by atoms with Crippen molar-refractivity contribution in [2.45, 2.75) is 19.0 Å². The summed E-state index contributed by atoms with van der Waals surface area (Å²) in [5.74, 6) is -1.07. The second-order valence-corrected chi connectivity index (χ2v) is 9.60. The average molecular weight is 467 g/mol. The number of hydrogen-bond donors (Lipinski definition) is 0. The standard InChI is InChI=1S/C22H15BrN2O3S/c1-12-6-8-13(9-7-12)24-18(16-10-11-17(23)29-16)19(22(24)28)25-20(26)14-4-2-3-5-15(14)21(25)27/h2-11,18-19H,1H3/t18-,19+/m0/s1. The molecule has 1 fully saturated rings. The molecule has 2 aliphatic heterocycles. The molecule has 5 nitrogen and oxygen atoms in total. The van der Waals surface area contributed by atoms with Crippen LogP contribution in [0.2, 0.25) is 0 Å². The van der Waals surface area contributed by atoms with E-state index in [1.807, 2.05) is 43.3 Å². The third-order valence-corrected chi connectivity index (χ3v) is 7.06. The van der Waals surface area contributed by atoms with Gasteiger partial charge < -0.3 is 0 Å². The summed E-state index contributed by atoms with van der Waals surface area (Å²) in [6, 6.07) is 17.0. The van der Waals surface area contributed by atoms with Gasteiger partial charge in [-0.15, -0.1) is 11.3 Å². The fourth-order valence-corrected chi connectivity index (χ4v) is 5.49. The molecule has 5 rings (SSSR count). The molecule has 144 valence electrons. The van der Waals surface area contributed by atoms with Gasteiger partial charge in [-0.3, -0.25) is 24.2 Å². The normalized spacial score (nSPS) is 20.8. The Hall–Kier alpha value is -2.77. The van der Waals surface area contributed by atoms with Crippen molar-refractivity contribution in [3.05, 3.63) is 86.0 Å². The van der Waals surface area contributed by atoms with Crippen LogP contribution in [0.3, 0.4) is 0 Å². The van der Waals surface area contributed by atoms with Crippen molar-refractivity contribution < 1.29 is 14.4 Å². The lowest BCUT2D eigenvalue weighted by atomic mass is 9.90. The molecule has 0 spiro atoms. The Labute approximate surface area is 179 Å². The Morgan fingerprint density at radius 1 is 0.793 bits per heavy atom. The summed E-state index contributed by atoms with van der Waals surface area (Å²) in [7, 11) is 0. The number of aryl methyl sites for hydroxylation is 1. The smallest absolute Gasteiger partial charge is 0.262 e. The van der Waals surface area contributed by atoms with Crippen molar-refractivity contribution >= 4 is 50.7 Å². The number of imide groups is 1. The summed E-state index contributed by atoms with van der Waals surface area (Å²) in [5, 5.41) is 0. The second kappa shape index (κ2) is 6.64. The van der Waals surface area contributed by atoms with Gasteiger partial charge in [-0.05, 0) is 59.3 Å². The molecule has 1 aromatic heterocycles. The molecule has 0 N–H and O–H groups in total. The fourth-order valence-electron chi connectivity index (χ4n) is 3.95. The van der Waals surface area contributed by atoms with E-state index in [4.69, 9.17) is 0 Å². The van der Waals surface area contributed by atoms with Gasteiger partial charge in [0.15, 0.2) is 0 Å². The maximum Gasteiger partial charge on any atom is 0.262 e. The number of halogens is 1. The van der Waals surface area contributed by atoms with Gasteiger partial charge in [-0.1, -0.05) is 29.8 Å². The second-order valence-electron chi connectivity index (χ2n) is 7.10. The van der Waals surface area contributed by atoms with Crippen LogP contribution in [0.4, 0.5) is 5.69 Å². The number of anilines is 1. The van der Waals surface area contributed by atoms with Crippen molar-refractivity contribution in [2.75, 3.05) is 4.90 Å². The molecule has 3 amide bonds.